The van der Waals surface area contributed by atoms with E-state index in [0.29, 0.717) is 17.4 Å². The molecule has 0 aliphatic rings. The standard InChI is InChI=1S/C18H19N3O2S/c1-4-12-8-6-7-9-13(12)21-16(22)15-11(3)14-17(23-5-2)19-10-20-18(14)24-15/h6-10H,4-5H2,1-3H3,(H,21,22). The second-order valence-electron chi connectivity index (χ2n) is 5.31. The Labute approximate surface area is 144 Å². The number of fused-ring (bicyclic) bond motifs is 1. The van der Waals surface area contributed by atoms with Crippen molar-refractivity contribution in [3.8, 4) is 5.88 Å². The Morgan fingerprint density at radius 1 is 1.25 bits per heavy atom. The number of aromatic nitrogens is 2. The van der Waals surface area contributed by atoms with Gasteiger partial charge in [0.2, 0.25) is 5.88 Å². The third-order valence-electron chi connectivity index (χ3n) is 3.83. The van der Waals surface area contributed by atoms with E-state index in [1.54, 1.807) is 0 Å². The van der Waals surface area contributed by atoms with Crippen LogP contribution >= 0.6 is 11.3 Å². The minimum atomic E-state index is -0.126. The molecule has 0 saturated heterocycles. The smallest absolute Gasteiger partial charge is 0.266 e. The van der Waals surface area contributed by atoms with Crippen molar-refractivity contribution < 1.29 is 9.53 Å². The Balaban J connectivity index is 1.98. The van der Waals surface area contributed by atoms with Gasteiger partial charge in [-0.25, -0.2) is 9.97 Å². The van der Waals surface area contributed by atoms with E-state index in [-0.39, 0.29) is 5.91 Å². The fourth-order valence-corrected chi connectivity index (χ4v) is 3.67. The summed E-state index contributed by atoms with van der Waals surface area (Å²) in [5, 5.41) is 3.83. The van der Waals surface area contributed by atoms with E-state index in [9.17, 15) is 4.79 Å². The number of carbonyl (C=O) groups excluding carboxylic acids is 1. The van der Waals surface area contributed by atoms with Gasteiger partial charge < -0.3 is 10.1 Å². The molecule has 1 amide bonds. The van der Waals surface area contributed by atoms with E-state index in [1.165, 1.54) is 17.7 Å². The predicted molar refractivity (Wildman–Crippen MR) is 97.1 cm³/mol. The van der Waals surface area contributed by atoms with Gasteiger partial charge in [0.1, 0.15) is 11.2 Å². The molecule has 1 N–H and O–H groups in total. The number of para-hydroxylation sites is 1. The zero-order chi connectivity index (χ0) is 17.1. The van der Waals surface area contributed by atoms with Gasteiger partial charge in [-0.2, -0.15) is 0 Å². The zero-order valence-electron chi connectivity index (χ0n) is 13.9. The number of carbonyl (C=O) groups is 1. The summed E-state index contributed by atoms with van der Waals surface area (Å²) in [6.07, 6.45) is 2.33. The van der Waals surface area contributed by atoms with E-state index in [0.717, 1.165) is 33.5 Å². The van der Waals surface area contributed by atoms with Gasteiger partial charge in [-0.05, 0) is 37.5 Å². The summed E-state index contributed by atoms with van der Waals surface area (Å²) in [6, 6.07) is 7.84. The zero-order valence-corrected chi connectivity index (χ0v) is 14.7. The number of amides is 1. The van der Waals surface area contributed by atoms with Crippen molar-refractivity contribution in [2.75, 3.05) is 11.9 Å². The molecule has 5 nitrogen and oxygen atoms in total. The third kappa shape index (κ3) is 2.97. The molecule has 0 saturated carbocycles. The Kier molecular flexibility index (Phi) is 4.76. The van der Waals surface area contributed by atoms with Gasteiger partial charge in [0, 0.05) is 5.69 Å². The first-order valence-corrected chi connectivity index (χ1v) is 8.73. The number of nitrogens with one attached hydrogen (secondary N) is 1. The van der Waals surface area contributed by atoms with Gasteiger partial charge in [0.25, 0.3) is 5.91 Å². The van der Waals surface area contributed by atoms with Crippen LogP contribution in [0.1, 0.15) is 34.6 Å². The Bertz CT molecular complexity index is 889. The number of anilines is 1. The molecule has 3 aromatic rings. The molecule has 0 aliphatic carbocycles. The van der Waals surface area contributed by atoms with Crippen LogP contribution < -0.4 is 10.1 Å². The molecule has 24 heavy (non-hydrogen) atoms. The Morgan fingerprint density at radius 3 is 2.79 bits per heavy atom. The first-order chi connectivity index (χ1) is 11.7. The highest BCUT2D eigenvalue weighted by Gasteiger charge is 2.20. The lowest BCUT2D eigenvalue weighted by molar-refractivity contribution is 0.103. The number of rotatable bonds is 5. The normalized spacial score (nSPS) is 10.8. The van der Waals surface area contributed by atoms with Gasteiger partial charge in [-0.3, -0.25) is 4.79 Å². The number of benzene rings is 1. The highest BCUT2D eigenvalue weighted by molar-refractivity contribution is 7.20. The maximum atomic E-state index is 12.8. The van der Waals surface area contributed by atoms with E-state index < -0.39 is 0 Å². The average Bonchev–Trinajstić information content (AvgIpc) is 2.94. The quantitative estimate of drug-likeness (QED) is 0.755. The topological polar surface area (TPSA) is 64.1 Å². The van der Waals surface area contributed by atoms with Gasteiger partial charge in [-0.1, -0.05) is 25.1 Å². The van der Waals surface area contributed by atoms with Crippen LogP contribution in [0.2, 0.25) is 0 Å². The molecule has 0 bridgehead atoms. The van der Waals surface area contributed by atoms with Crippen LogP contribution in [0.15, 0.2) is 30.6 Å². The molecule has 1 aromatic carbocycles. The minimum Gasteiger partial charge on any atom is -0.477 e. The average molecular weight is 341 g/mol. The molecule has 0 aliphatic heterocycles. The van der Waals surface area contributed by atoms with Crippen molar-refractivity contribution in [1.29, 1.82) is 0 Å². The molecule has 6 heteroatoms. The Morgan fingerprint density at radius 2 is 2.04 bits per heavy atom. The van der Waals surface area contributed by atoms with Crippen molar-refractivity contribution in [3.05, 3.63) is 46.6 Å². The number of aryl methyl sites for hydroxylation is 2. The Hall–Kier alpha value is -2.47. The summed E-state index contributed by atoms with van der Waals surface area (Å²) in [5.41, 5.74) is 2.81. The molecule has 0 spiro atoms. The lowest BCUT2D eigenvalue weighted by atomic mass is 10.1. The third-order valence-corrected chi connectivity index (χ3v) is 5.02. The summed E-state index contributed by atoms with van der Waals surface area (Å²) in [6.45, 7) is 6.41. The molecule has 3 rings (SSSR count). The van der Waals surface area contributed by atoms with Gasteiger partial charge in [0.15, 0.2) is 0 Å². The van der Waals surface area contributed by atoms with E-state index in [2.05, 4.69) is 22.2 Å². The van der Waals surface area contributed by atoms with Crippen LogP contribution in [0, 0.1) is 6.92 Å². The number of hydrogen-bond acceptors (Lipinski definition) is 5. The summed E-state index contributed by atoms with van der Waals surface area (Å²) >= 11 is 1.36. The minimum absolute atomic E-state index is 0.126. The van der Waals surface area contributed by atoms with Crippen LogP contribution in [-0.2, 0) is 6.42 Å². The first kappa shape index (κ1) is 16.4. The van der Waals surface area contributed by atoms with E-state index in [4.69, 9.17) is 4.74 Å². The van der Waals surface area contributed by atoms with Gasteiger partial charge in [-0.15, -0.1) is 11.3 Å². The maximum Gasteiger partial charge on any atom is 0.266 e. The molecule has 0 atom stereocenters. The number of ether oxygens (including phenoxy) is 1. The predicted octanol–water partition coefficient (Wildman–Crippen LogP) is 4.21. The SMILES string of the molecule is CCOc1ncnc2sc(C(=O)Nc3ccccc3CC)c(C)c12. The lowest BCUT2D eigenvalue weighted by Crippen LogP contribution is -2.12. The molecule has 0 fully saturated rings. The molecule has 2 heterocycles. The van der Waals surface area contributed by atoms with Gasteiger partial charge in [0.05, 0.1) is 16.9 Å². The summed E-state index contributed by atoms with van der Waals surface area (Å²) < 4.78 is 5.57. The largest absolute Gasteiger partial charge is 0.477 e. The summed E-state index contributed by atoms with van der Waals surface area (Å²) in [5.74, 6) is 0.406. The first-order valence-electron chi connectivity index (χ1n) is 7.91. The molecule has 0 unspecified atom stereocenters. The number of hydrogen-bond donors (Lipinski definition) is 1. The van der Waals surface area contributed by atoms with Crippen LogP contribution in [0.25, 0.3) is 10.2 Å². The number of nitrogens with zero attached hydrogens (tertiary/aromatic N) is 2. The molecular weight excluding hydrogens is 322 g/mol. The highest BCUT2D eigenvalue weighted by Crippen LogP contribution is 2.34. The van der Waals surface area contributed by atoms with Crippen molar-refractivity contribution in [2.45, 2.75) is 27.2 Å². The van der Waals surface area contributed by atoms with Gasteiger partial charge >= 0.3 is 0 Å². The second kappa shape index (κ2) is 6.97. The van der Waals surface area contributed by atoms with E-state index >= 15 is 0 Å². The van der Waals surface area contributed by atoms with Crippen molar-refractivity contribution in [1.82, 2.24) is 9.97 Å². The van der Waals surface area contributed by atoms with Crippen molar-refractivity contribution in [2.24, 2.45) is 0 Å². The molecule has 124 valence electrons. The summed E-state index contributed by atoms with van der Waals surface area (Å²) in [7, 11) is 0. The highest BCUT2D eigenvalue weighted by atomic mass is 32.1. The van der Waals surface area contributed by atoms with Crippen molar-refractivity contribution in [3.63, 3.8) is 0 Å². The molecule has 0 radical (unpaired) electrons. The monoisotopic (exact) mass is 341 g/mol. The van der Waals surface area contributed by atoms with Crippen LogP contribution in [0.4, 0.5) is 5.69 Å². The van der Waals surface area contributed by atoms with Crippen LogP contribution in [-0.4, -0.2) is 22.5 Å². The second-order valence-corrected chi connectivity index (χ2v) is 6.31. The summed E-state index contributed by atoms with van der Waals surface area (Å²) in [4.78, 5) is 22.6. The van der Waals surface area contributed by atoms with E-state index in [1.807, 2.05) is 38.1 Å². The maximum absolute atomic E-state index is 12.8. The van der Waals surface area contributed by atoms with Crippen molar-refractivity contribution >= 4 is 33.1 Å². The fraction of sp³-hybridized carbons (Fsp3) is 0.278. The molecular formula is C18H19N3O2S. The lowest BCUT2D eigenvalue weighted by Gasteiger charge is -2.09. The van der Waals surface area contributed by atoms with Crippen LogP contribution in [0.3, 0.4) is 0 Å². The van der Waals surface area contributed by atoms with Crippen LogP contribution in [0.5, 0.6) is 5.88 Å². The number of thiophene rings is 1. The fourth-order valence-electron chi connectivity index (χ4n) is 2.63. The molecule has 2 aromatic heterocycles.